The van der Waals surface area contributed by atoms with Gasteiger partial charge in [-0.3, -0.25) is 10.1 Å². The van der Waals surface area contributed by atoms with Crippen LogP contribution in [0.5, 0.6) is 0 Å². The van der Waals surface area contributed by atoms with Crippen LogP contribution in [0.3, 0.4) is 0 Å². The maximum atomic E-state index is 11.2. The van der Waals surface area contributed by atoms with Crippen LogP contribution in [0.1, 0.15) is 24.8 Å². The topological polar surface area (TPSA) is 112 Å². The number of aromatic nitrogens is 4. The Balaban J connectivity index is 1.47. The van der Waals surface area contributed by atoms with Gasteiger partial charge in [-0.2, -0.15) is 5.16 Å². The molecule has 0 bridgehead atoms. The molecule has 9 nitrogen and oxygen atoms in total. The number of aliphatic hydroxyl groups is 1. The lowest BCUT2D eigenvalue weighted by molar-refractivity contribution is 0.104. The Morgan fingerprint density at radius 3 is 2.97 bits per heavy atom. The minimum atomic E-state index is -1.09. The number of halogens is 2. The molecule has 1 unspecified atom stereocenters. The lowest BCUT2D eigenvalue weighted by Gasteiger charge is -2.28. The third kappa shape index (κ3) is 3.88. The lowest BCUT2D eigenvalue weighted by Crippen LogP contribution is -2.39. The zero-order valence-corrected chi connectivity index (χ0v) is 18.3. The van der Waals surface area contributed by atoms with Crippen LogP contribution in [-0.4, -0.2) is 43.9 Å². The second kappa shape index (κ2) is 8.59. The number of aromatic amines is 1. The fourth-order valence-corrected chi connectivity index (χ4v) is 4.45. The fraction of sp³-hybridized carbons (Fsp3) is 0.286. The van der Waals surface area contributed by atoms with Gasteiger partial charge in [-0.15, -0.1) is 0 Å². The Morgan fingerprint density at radius 1 is 1.34 bits per heavy atom. The van der Waals surface area contributed by atoms with E-state index in [4.69, 9.17) is 32.7 Å². The second-order valence-electron chi connectivity index (χ2n) is 7.64. The van der Waals surface area contributed by atoms with Crippen LogP contribution in [0.25, 0.3) is 16.6 Å². The molecule has 3 aromatic heterocycles. The maximum Gasteiger partial charge on any atom is 0.280 e. The first-order chi connectivity index (χ1) is 15.5. The Kier molecular flexibility index (Phi) is 5.64. The third-order valence-electron chi connectivity index (χ3n) is 5.65. The van der Waals surface area contributed by atoms with E-state index < -0.39 is 11.8 Å². The van der Waals surface area contributed by atoms with Gasteiger partial charge < -0.3 is 19.1 Å². The molecule has 2 atom stereocenters. The molecule has 0 spiro atoms. The van der Waals surface area contributed by atoms with Gasteiger partial charge in [-0.05, 0) is 25.0 Å². The highest BCUT2D eigenvalue weighted by Gasteiger charge is 2.28. The van der Waals surface area contributed by atoms with Crippen molar-refractivity contribution in [2.45, 2.75) is 25.1 Å². The number of imidazole rings is 1. The first-order valence-electron chi connectivity index (χ1n) is 10.1. The number of nitrogens with zero attached hydrogens (tertiary/aromatic N) is 4. The molecule has 1 saturated heterocycles. The zero-order valence-electron chi connectivity index (χ0n) is 16.8. The highest BCUT2D eigenvalue weighted by atomic mass is 35.5. The van der Waals surface area contributed by atoms with Crippen molar-refractivity contribution in [2.24, 2.45) is 0 Å². The van der Waals surface area contributed by atoms with E-state index >= 15 is 0 Å². The van der Waals surface area contributed by atoms with Gasteiger partial charge in [0.05, 0.1) is 33.6 Å². The Bertz CT molecular complexity index is 1300. The second-order valence-corrected chi connectivity index (χ2v) is 8.43. The third-order valence-corrected chi connectivity index (χ3v) is 6.44. The molecule has 3 N–H and O–H groups in total. The summed E-state index contributed by atoms with van der Waals surface area (Å²) in [5.41, 5.74) is 1.12. The number of rotatable bonds is 6. The number of nitrogens with one attached hydrogen (secondary N) is 2. The summed E-state index contributed by atoms with van der Waals surface area (Å²) in [4.78, 5) is 22.4. The van der Waals surface area contributed by atoms with Crippen LogP contribution in [0.4, 0.5) is 5.82 Å². The number of hydrogen-bond donors (Lipinski definition) is 3. The standard InChI is InChI=1S/C21H20Cl2N6O3/c22-14-4-3-13-15(28-7-5-24-11-28)8-17(26-20(13)19(14)23)29-6-1-2-12(29)10-25-21(31)16-9-18(30)27-32-16/h3-5,7-9,11-12,21,25,31H,1-2,6,10H2,(H,27,30)/t12-,21?/m0/s1. The van der Waals surface area contributed by atoms with Crippen LogP contribution < -0.4 is 15.8 Å². The minimum Gasteiger partial charge on any atom is -0.379 e. The Hall–Kier alpha value is -2.85. The van der Waals surface area contributed by atoms with Gasteiger partial charge in [0.25, 0.3) is 5.56 Å². The summed E-state index contributed by atoms with van der Waals surface area (Å²) in [6.07, 6.45) is 6.12. The monoisotopic (exact) mass is 474 g/mol. The summed E-state index contributed by atoms with van der Waals surface area (Å²) in [5.74, 6) is 0.907. The van der Waals surface area contributed by atoms with Crippen LogP contribution in [0, 0.1) is 0 Å². The molecule has 1 fully saturated rings. The number of aliphatic hydroxyl groups excluding tert-OH is 1. The van der Waals surface area contributed by atoms with E-state index in [1.165, 1.54) is 6.07 Å². The molecule has 1 aromatic carbocycles. The number of benzene rings is 1. The van der Waals surface area contributed by atoms with Gasteiger partial charge in [0, 0.05) is 43.0 Å². The highest BCUT2D eigenvalue weighted by Crippen LogP contribution is 2.36. The predicted molar refractivity (Wildman–Crippen MR) is 122 cm³/mol. The predicted octanol–water partition coefficient (Wildman–Crippen LogP) is 3.26. The van der Waals surface area contributed by atoms with Gasteiger partial charge >= 0.3 is 0 Å². The number of hydrogen-bond acceptors (Lipinski definition) is 7. The van der Waals surface area contributed by atoms with Crippen molar-refractivity contribution in [3.8, 4) is 5.69 Å². The quantitative estimate of drug-likeness (QED) is 0.367. The molecule has 5 rings (SSSR count). The molecule has 0 amide bonds. The number of fused-ring (bicyclic) bond motifs is 1. The molecule has 1 aliphatic rings. The molecule has 0 saturated carbocycles. The largest absolute Gasteiger partial charge is 0.379 e. The van der Waals surface area contributed by atoms with Crippen molar-refractivity contribution in [3.05, 3.63) is 69.1 Å². The van der Waals surface area contributed by atoms with Gasteiger partial charge in [-0.1, -0.05) is 23.2 Å². The molecule has 1 aliphatic heterocycles. The van der Waals surface area contributed by atoms with E-state index in [-0.39, 0.29) is 11.8 Å². The molecular weight excluding hydrogens is 455 g/mol. The maximum absolute atomic E-state index is 11.2. The van der Waals surface area contributed by atoms with E-state index in [0.717, 1.165) is 36.3 Å². The molecule has 166 valence electrons. The fourth-order valence-electron chi connectivity index (χ4n) is 4.10. The van der Waals surface area contributed by atoms with Gasteiger partial charge in [0.1, 0.15) is 5.82 Å². The van der Waals surface area contributed by atoms with E-state index in [1.54, 1.807) is 18.6 Å². The minimum absolute atomic E-state index is 0.0776. The Labute approximate surface area is 192 Å². The van der Waals surface area contributed by atoms with Crippen molar-refractivity contribution in [2.75, 3.05) is 18.0 Å². The first kappa shape index (κ1) is 21.0. The van der Waals surface area contributed by atoms with Crippen molar-refractivity contribution in [1.29, 1.82) is 0 Å². The molecule has 0 aliphatic carbocycles. The summed E-state index contributed by atoms with van der Waals surface area (Å²) in [5, 5.41) is 17.2. The van der Waals surface area contributed by atoms with Crippen LogP contribution >= 0.6 is 23.2 Å². The molecule has 4 heterocycles. The average Bonchev–Trinajstić information content (AvgIpc) is 3.56. The smallest absolute Gasteiger partial charge is 0.280 e. The van der Waals surface area contributed by atoms with Crippen LogP contribution in [0.2, 0.25) is 10.0 Å². The molecule has 0 radical (unpaired) electrons. The van der Waals surface area contributed by atoms with Gasteiger partial charge in [0.2, 0.25) is 0 Å². The van der Waals surface area contributed by atoms with Crippen LogP contribution in [0.15, 0.2) is 52.3 Å². The van der Waals surface area contributed by atoms with E-state index in [1.807, 2.05) is 22.9 Å². The van der Waals surface area contributed by atoms with E-state index in [0.29, 0.717) is 22.1 Å². The highest BCUT2D eigenvalue weighted by molar-refractivity contribution is 6.45. The van der Waals surface area contributed by atoms with Crippen molar-refractivity contribution < 1.29 is 9.63 Å². The molecule has 32 heavy (non-hydrogen) atoms. The van der Waals surface area contributed by atoms with Gasteiger partial charge in [0.15, 0.2) is 12.0 Å². The number of anilines is 1. The van der Waals surface area contributed by atoms with E-state index in [2.05, 4.69) is 20.4 Å². The molecule has 11 heteroatoms. The molecule has 4 aromatic rings. The van der Waals surface area contributed by atoms with Crippen LogP contribution in [-0.2, 0) is 0 Å². The molecular formula is C21H20Cl2N6O3. The number of H-pyrrole nitrogens is 1. The summed E-state index contributed by atoms with van der Waals surface area (Å²) in [6, 6.07) is 6.97. The first-order valence-corrected chi connectivity index (χ1v) is 10.9. The summed E-state index contributed by atoms with van der Waals surface area (Å²) >= 11 is 12.8. The van der Waals surface area contributed by atoms with Crippen molar-refractivity contribution in [3.63, 3.8) is 0 Å². The lowest BCUT2D eigenvalue weighted by atomic mass is 10.1. The SMILES string of the molecule is O=c1cc(C(O)NC[C@@H]2CCCN2c2cc(-n3ccnc3)c3ccc(Cl)c(Cl)c3n2)o[nH]1. The van der Waals surface area contributed by atoms with Crippen molar-refractivity contribution >= 4 is 39.9 Å². The normalized spacial score (nSPS) is 17.3. The number of pyridine rings is 1. The Morgan fingerprint density at radius 2 is 2.22 bits per heavy atom. The summed E-state index contributed by atoms with van der Waals surface area (Å²) in [6.45, 7) is 1.28. The van der Waals surface area contributed by atoms with Gasteiger partial charge in [-0.25, -0.2) is 9.97 Å². The average molecular weight is 475 g/mol. The summed E-state index contributed by atoms with van der Waals surface area (Å²) < 4.78 is 6.89. The summed E-state index contributed by atoms with van der Waals surface area (Å²) in [7, 11) is 0. The van der Waals surface area contributed by atoms with E-state index in [9.17, 15) is 9.90 Å². The zero-order chi connectivity index (χ0) is 22.2. The van der Waals surface area contributed by atoms with Crippen molar-refractivity contribution in [1.82, 2.24) is 25.0 Å².